The SMILES string of the molecule is Oc1c(CN[C@H](c2ccccc2)[C@@H](NCc2cc3ccccc3c(-c3c(-c4ccccc4)ccc4ccccc34)c2O)c2ccccc2)cc2ccccc2c1-c1c(-c2ccccc2)ccc2ccccc12. The van der Waals surface area contributed by atoms with Crippen molar-refractivity contribution in [3.63, 3.8) is 0 Å². The summed E-state index contributed by atoms with van der Waals surface area (Å²) in [4.78, 5) is 0. The number of benzene rings is 12. The summed E-state index contributed by atoms with van der Waals surface area (Å²) in [5, 5.41) is 42.2. The van der Waals surface area contributed by atoms with E-state index < -0.39 is 0 Å². The lowest BCUT2D eigenvalue weighted by molar-refractivity contribution is 0.373. The molecule has 12 aromatic rings. The summed E-state index contributed by atoms with van der Waals surface area (Å²) >= 11 is 0. The Hall–Kier alpha value is -8.80. The zero-order chi connectivity index (χ0) is 48.4. The van der Waals surface area contributed by atoms with Gasteiger partial charge in [0, 0.05) is 46.5 Å². The van der Waals surface area contributed by atoms with Crippen molar-refractivity contribution in [2.75, 3.05) is 0 Å². The number of fused-ring (bicyclic) bond motifs is 4. The largest absolute Gasteiger partial charge is 0.507 e. The van der Waals surface area contributed by atoms with E-state index >= 15 is 0 Å². The van der Waals surface area contributed by atoms with Gasteiger partial charge in [-0.1, -0.05) is 243 Å². The van der Waals surface area contributed by atoms with Gasteiger partial charge in [-0.05, 0) is 88.6 Å². The zero-order valence-electron chi connectivity index (χ0n) is 39.7. The highest BCUT2D eigenvalue weighted by atomic mass is 16.3. The third-order valence-corrected chi connectivity index (χ3v) is 14.4. The Kier molecular flexibility index (Phi) is 12.1. The van der Waals surface area contributed by atoms with Crippen LogP contribution < -0.4 is 10.6 Å². The number of hydrogen-bond donors (Lipinski definition) is 4. The first-order chi connectivity index (χ1) is 35.6. The van der Waals surface area contributed by atoms with Crippen LogP contribution in [0.3, 0.4) is 0 Å². The second kappa shape index (κ2) is 19.5. The van der Waals surface area contributed by atoms with Crippen molar-refractivity contribution in [3.8, 4) is 56.0 Å². The van der Waals surface area contributed by atoms with Crippen molar-refractivity contribution < 1.29 is 10.2 Å². The summed E-state index contributed by atoms with van der Waals surface area (Å²) in [5.41, 5.74) is 11.7. The molecule has 346 valence electrons. The quantitative estimate of drug-likeness (QED) is 0.0930. The van der Waals surface area contributed by atoms with Crippen LogP contribution in [-0.4, -0.2) is 10.2 Å². The zero-order valence-corrected chi connectivity index (χ0v) is 39.7. The number of hydrogen-bond acceptors (Lipinski definition) is 4. The average Bonchev–Trinajstić information content (AvgIpc) is 3.44. The van der Waals surface area contributed by atoms with Crippen LogP contribution in [0, 0.1) is 0 Å². The molecule has 12 rings (SSSR count). The first kappa shape index (κ1) is 44.4. The van der Waals surface area contributed by atoms with Crippen molar-refractivity contribution in [2.45, 2.75) is 25.2 Å². The molecule has 0 unspecified atom stereocenters. The molecular weight excluding hydrogens is 877 g/mol. The molecule has 0 radical (unpaired) electrons. The van der Waals surface area contributed by atoms with E-state index in [0.29, 0.717) is 13.1 Å². The highest BCUT2D eigenvalue weighted by Gasteiger charge is 2.28. The molecular formula is C68H52N2O2. The van der Waals surface area contributed by atoms with Gasteiger partial charge in [0.25, 0.3) is 0 Å². The predicted octanol–water partition coefficient (Wildman–Crippen LogP) is 16.7. The third kappa shape index (κ3) is 8.33. The Labute approximate surface area is 420 Å². The topological polar surface area (TPSA) is 64.5 Å². The van der Waals surface area contributed by atoms with E-state index in [2.05, 4.69) is 241 Å². The van der Waals surface area contributed by atoms with Gasteiger partial charge in [0.2, 0.25) is 0 Å². The van der Waals surface area contributed by atoms with Crippen LogP contribution >= 0.6 is 0 Å². The Morgan fingerprint density at radius 3 is 0.972 bits per heavy atom. The number of nitrogens with one attached hydrogen (secondary N) is 2. The van der Waals surface area contributed by atoms with Crippen LogP contribution in [0.15, 0.2) is 255 Å². The summed E-state index contributed by atoms with van der Waals surface area (Å²) in [7, 11) is 0. The maximum Gasteiger partial charge on any atom is 0.128 e. The Balaban J connectivity index is 0.973. The van der Waals surface area contributed by atoms with E-state index in [1.807, 2.05) is 24.3 Å². The molecule has 0 saturated heterocycles. The fourth-order valence-corrected chi connectivity index (χ4v) is 11.0. The molecule has 4 N–H and O–H groups in total. The molecule has 0 heterocycles. The van der Waals surface area contributed by atoms with E-state index in [1.54, 1.807) is 0 Å². The van der Waals surface area contributed by atoms with Crippen molar-refractivity contribution in [3.05, 3.63) is 277 Å². The molecule has 0 bridgehead atoms. The van der Waals surface area contributed by atoms with Gasteiger partial charge < -0.3 is 20.8 Å². The molecule has 0 aliphatic heterocycles. The number of phenols is 2. The molecule has 0 aliphatic rings. The van der Waals surface area contributed by atoms with Crippen LogP contribution in [-0.2, 0) is 13.1 Å². The van der Waals surface area contributed by atoms with Crippen molar-refractivity contribution in [2.24, 2.45) is 0 Å². The van der Waals surface area contributed by atoms with Gasteiger partial charge in [0.1, 0.15) is 11.5 Å². The van der Waals surface area contributed by atoms with Crippen LogP contribution in [0.2, 0.25) is 0 Å². The summed E-state index contributed by atoms with van der Waals surface area (Å²) in [5.74, 6) is 0.505. The number of aromatic hydroxyl groups is 2. The van der Waals surface area contributed by atoms with Gasteiger partial charge in [0.15, 0.2) is 0 Å². The van der Waals surface area contributed by atoms with Crippen molar-refractivity contribution in [1.29, 1.82) is 0 Å². The van der Waals surface area contributed by atoms with E-state index in [9.17, 15) is 10.2 Å². The maximum atomic E-state index is 12.9. The standard InChI is InChI=1S/C68H52N2O2/c71-67-53(41-51-31-15-19-35-57(51)63(67)61-55-33-17-13-25-47(55)37-39-59(61)45-21-5-1-6-22-45)43-69-65(49-27-9-3-10-28-49)66(50-29-11-4-12-30-50)70-44-54-42-52-32-16-20-36-58(52)64(68(54)72)62-56-34-18-14-26-48(56)38-40-60(62)46-23-7-2-8-24-46/h1-42,65-66,69-72H,43-44H2/t65-,66+. The summed E-state index contributed by atoms with van der Waals surface area (Å²) < 4.78 is 0. The van der Waals surface area contributed by atoms with Crippen LogP contribution in [0.4, 0.5) is 0 Å². The molecule has 0 spiro atoms. The van der Waals surface area contributed by atoms with Gasteiger partial charge >= 0.3 is 0 Å². The minimum atomic E-state index is -0.273. The summed E-state index contributed by atoms with van der Waals surface area (Å²) in [6.45, 7) is 0.739. The Morgan fingerprint density at radius 2 is 0.597 bits per heavy atom. The van der Waals surface area contributed by atoms with Gasteiger partial charge in [-0.25, -0.2) is 0 Å². The fourth-order valence-electron chi connectivity index (χ4n) is 11.0. The Bertz CT molecular complexity index is 3640. The lowest BCUT2D eigenvalue weighted by atomic mass is 9.85. The minimum absolute atomic E-state index is 0.252. The molecule has 4 nitrogen and oxygen atoms in total. The Morgan fingerprint density at radius 1 is 0.292 bits per heavy atom. The van der Waals surface area contributed by atoms with Crippen LogP contribution in [0.25, 0.3) is 87.6 Å². The van der Waals surface area contributed by atoms with Gasteiger partial charge in [0.05, 0.1) is 12.1 Å². The summed E-state index contributed by atoms with van der Waals surface area (Å²) in [6.07, 6.45) is 0. The molecule has 2 atom stereocenters. The van der Waals surface area contributed by atoms with E-state index in [1.165, 1.54) is 0 Å². The second-order valence-electron chi connectivity index (χ2n) is 18.6. The lowest BCUT2D eigenvalue weighted by Crippen LogP contribution is -2.35. The van der Waals surface area contributed by atoms with Crippen molar-refractivity contribution in [1.82, 2.24) is 10.6 Å². The minimum Gasteiger partial charge on any atom is -0.507 e. The number of phenolic OH excluding ortho intramolecular Hbond substituents is 2. The molecule has 0 amide bonds. The average molecular weight is 929 g/mol. The molecule has 72 heavy (non-hydrogen) atoms. The molecule has 12 aromatic carbocycles. The highest BCUT2D eigenvalue weighted by Crippen LogP contribution is 2.49. The van der Waals surface area contributed by atoms with E-state index in [-0.39, 0.29) is 23.6 Å². The predicted molar refractivity (Wildman–Crippen MR) is 300 cm³/mol. The molecule has 0 aromatic heterocycles. The number of rotatable bonds is 13. The lowest BCUT2D eigenvalue weighted by Gasteiger charge is -2.31. The van der Waals surface area contributed by atoms with Gasteiger partial charge in [-0.3, -0.25) is 0 Å². The normalized spacial score (nSPS) is 12.4. The van der Waals surface area contributed by atoms with Crippen LogP contribution in [0.5, 0.6) is 11.5 Å². The monoisotopic (exact) mass is 928 g/mol. The first-order valence-corrected chi connectivity index (χ1v) is 24.8. The highest BCUT2D eigenvalue weighted by molar-refractivity contribution is 6.14. The van der Waals surface area contributed by atoms with Gasteiger partial charge in [-0.2, -0.15) is 0 Å². The molecule has 0 aliphatic carbocycles. The first-order valence-electron chi connectivity index (χ1n) is 24.8. The van der Waals surface area contributed by atoms with E-state index in [4.69, 9.17) is 0 Å². The molecule has 0 saturated carbocycles. The molecule has 0 fully saturated rings. The maximum absolute atomic E-state index is 12.9. The van der Waals surface area contributed by atoms with Gasteiger partial charge in [-0.15, -0.1) is 0 Å². The summed E-state index contributed by atoms with van der Waals surface area (Å²) in [6, 6.07) is 88.2. The molecule has 4 heteroatoms. The van der Waals surface area contributed by atoms with E-state index in [0.717, 1.165) is 110 Å². The van der Waals surface area contributed by atoms with Crippen molar-refractivity contribution >= 4 is 43.1 Å². The second-order valence-corrected chi connectivity index (χ2v) is 18.6. The smallest absolute Gasteiger partial charge is 0.128 e. The fraction of sp³-hybridized carbons (Fsp3) is 0.0588. The van der Waals surface area contributed by atoms with Crippen LogP contribution in [0.1, 0.15) is 34.3 Å². The third-order valence-electron chi connectivity index (χ3n) is 14.4.